The van der Waals surface area contributed by atoms with E-state index in [2.05, 4.69) is 18.2 Å². The number of amides is 1. The van der Waals surface area contributed by atoms with E-state index >= 15 is 0 Å². The van der Waals surface area contributed by atoms with Crippen LogP contribution in [0.25, 0.3) is 0 Å². The molecule has 0 fully saturated rings. The summed E-state index contributed by atoms with van der Waals surface area (Å²) in [4.78, 5) is 22.1. The van der Waals surface area contributed by atoms with Crippen LogP contribution >= 0.6 is 0 Å². The molecule has 0 saturated heterocycles. The van der Waals surface area contributed by atoms with Crippen LogP contribution < -0.4 is 11.1 Å². The van der Waals surface area contributed by atoms with E-state index in [0.717, 1.165) is 19.3 Å². The molecule has 0 aromatic rings. The predicted molar refractivity (Wildman–Crippen MR) is 74.3 cm³/mol. The first-order chi connectivity index (χ1) is 9.01. The van der Waals surface area contributed by atoms with Gasteiger partial charge >= 0.3 is 5.97 Å². The molecular formula is C14H24N2O3. The largest absolute Gasteiger partial charge is 0.481 e. The first kappa shape index (κ1) is 17.5. The number of hydrogen-bond acceptors (Lipinski definition) is 3. The number of carbonyl (C=O) groups is 2. The third-order valence-corrected chi connectivity index (χ3v) is 2.99. The average molecular weight is 268 g/mol. The maximum atomic E-state index is 11.5. The van der Waals surface area contributed by atoms with Gasteiger partial charge in [-0.3, -0.25) is 9.59 Å². The predicted octanol–water partition coefficient (Wildman–Crippen LogP) is 1.12. The van der Waals surface area contributed by atoms with E-state index in [1.54, 1.807) is 0 Å². The zero-order valence-corrected chi connectivity index (χ0v) is 11.5. The van der Waals surface area contributed by atoms with Gasteiger partial charge in [-0.2, -0.15) is 0 Å². The lowest BCUT2D eigenvalue weighted by Crippen LogP contribution is -2.41. The molecule has 0 spiro atoms. The minimum Gasteiger partial charge on any atom is -0.481 e. The van der Waals surface area contributed by atoms with Gasteiger partial charge in [0.05, 0.1) is 6.04 Å². The summed E-state index contributed by atoms with van der Waals surface area (Å²) in [6.07, 6.45) is 8.89. The Morgan fingerprint density at radius 2 is 2.05 bits per heavy atom. The van der Waals surface area contributed by atoms with Crippen molar-refractivity contribution in [3.8, 4) is 12.3 Å². The van der Waals surface area contributed by atoms with Crippen LogP contribution in [-0.4, -0.2) is 29.6 Å². The molecule has 1 amide bonds. The second-order valence-electron chi connectivity index (χ2n) is 4.68. The third-order valence-electron chi connectivity index (χ3n) is 2.99. The van der Waals surface area contributed by atoms with Crippen molar-refractivity contribution in [1.82, 2.24) is 5.32 Å². The molecule has 4 N–H and O–H groups in total. The van der Waals surface area contributed by atoms with Gasteiger partial charge in [0.15, 0.2) is 0 Å². The number of nitrogens with two attached hydrogens (primary N) is 1. The Morgan fingerprint density at radius 1 is 1.37 bits per heavy atom. The zero-order chi connectivity index (χ0) is 14.7. The van der Waals surface area contributed by atoms with E-state index in [4.69, 9.17) is 17.3 Å². The van der Waals surface area contributed by atoms with Gasteiger partial charge in [-0.1, -0.05) is 19.8 Å². The lowest BCUT2D eigenvalue weighted by molar-refractivity contribution is -0.137. The topological polar surface area (TPSA) is 92.4 Å². The van der Waals surface area contributed by atoms with Crippen molar-refractivity contribution < 1.29 is 14.7 Å². The molecule has 0 radical (unpaired) electrons. The summed E-state index contributed by atoms with van der Waals surface area (Å²) < 4.78 is 0. The molecule has 0 aliphatic rings. The zero-order valence-electron chi connectivity index (χ0n) is 11.5. The van der Waals surface area contributed by atoms with Crippen LogP contribution in [0.3, 0.4) is 0 Å². The molecule has 0 rings (SSSR count). The summed E-state index contributed by atoms with van der Waals surface area (Å²) in [5.74, 6) is 1.65. The van der Waals surface area contributed by atoms with Crippen molar-refractivity contribution in [3.05, 3.63) is 0 Å². The smallest absolute Gasteiger partial charge is 0.303 e. The fourth-order valence-corrected chi connectivity index (χ4v) is 1.92. The van der Waals surface area contributed by atoms with Crippen molar-refractivity contribution in [1.29, 1.82) is 0 Å². The van der Waals surface area contributed by atoms with E-state index in [1.807, 2.05) is 0 Å². The number of carboxylic acid groups (broad SMARTS) is 1. The van der Waals surface area contributed by atoms with Gasteiger partial charge in [0.25, 0.3) is 0 Å². The van der Waals surface area contributed by atoms with Gasteiger partial charge < -0.3 is 16.2 Å². The summed E-state index contributed by atoms with van der Waals surface area (Å²) in [5, 5.41) is 11.4. The molecule has 0 aromatic carbocycles. The minimum atomic E-state index is -0.777. The standard InChI is InChI=1S/C14H24N2O3/c1-3-5-11(7-8-13(17)18)9-10-16-14(19)12(15)6-4-2/h2,11-12H,3,5-10,15H2,1H3,(H,16,19)(H,17,18). The van der Waals surface area contributed by atoms with Crippen LogP contribution in [0.4, 0.5) is 0 Å². The molecule has 2 unspecified atom stereocenters. The van der Waals surface area contributed by atoms with E-state index in [-0.39, 0.29) is 18.7 Å². The highest BCUT2D eigenvalue weighted by Gasteiger charge is 2.13. The summed E-state index contributed by atoms with van der Waals surface area (Å²) in [6, 6.07) is -0.659. The van der Waals surface area contributed by atoms with Gasteiger partial charge in [-0.15, -0.1) is 12.3 Å². The van der Waals surface area contributed by atoms with Gasteiger partial charge in [0.1, 0.15) is 0 Å². The Balaban J connectivity index is 3.94. The monoisotopic (exact) mass is 268 g/mol. The number of carboxylic acids is 1. The molecule has 5 heteroatoms. The molecule has 2 atom stereocenters. The molecule has 0 saturated carbocycles. The second-order valence-corrected chi connectivity index (χ2v) is 4.68. The molecule has 5 nitrogen and oxygen atoms in total. The van der Waals surface area contributed by atoms with Crippen molar-refractivity contribution in [2.45, 2.75) is 51.5 Å². The second kappa shape index (κ2) is 10.4. The van der Waals surface area contributed by atoms with Crippen molar-refractivity contribution in [2.75, 3.05) is 6.54 Å². The highest BCUT2D eigenvalue weighted by atomic mass is 16.4. The highest BCUT2D eigenvalue weighted by Crippen LogP contribution is 2.17. The molecule has 0 bridgehead atoms. The van der Waals surface area contributed by atoms with E-state index in [0.29, 0.717) is 18.9 Å². The fourth-order valence-electron chi connectivity index (χ4n) is 1.92. The minimum absolute atomic E-state index is 0.176. The molecule has 0 heterocycles. The average Bonchev–Trinajstić information content (AvgIpc) is 2.35. The number of terminal acetylenes is 1. The Kier molecular flexibility index (Phi) is 9.55. The molecule has 19 heavy (non-hydrogen) atoms. The molecule has 0 aliphatic carbocycles. The Labute approximate surface area is 114 Å². The first-order valence-corrected chi connectivity index (χ1v) is 6.69. The van der Waals surface area contributed by atoms with E-state index in [9.17, 15) is 9.59 Å². The fraction of sp³-hybridized carbons (Fsp3) is 0.714. The number of aliphatic carboxylic acids is 1. The maximum Gasteiger partial charge on any atom is 0.303 e. The highest BCUT2D eigenvalue weighted by molar-refractivity contribution is 5.81. The summed E-state index contributed by atoms with van der Waals surface area (Å²) in [5.41, 5.74) is 5.57. The number of hydrogen-bond donors (Lipinski definition) is 3. The SMILES string of the molecule is C#CCC(N)C(=O)NCCC(CCC)CCC(=O)O. The lowest BCUT2D eigenvalue weighted by Gasteiger charge is -2.16. The number of carbonyl (C=O) groups excluding carboxylic acids is 1. The van der Waals surface area contributed by atoms with Crippen LogP contribution in [0.15, 0.2) is 0 Å². The van der Waals surface area contributed by atoms with Crippen LogP contribution in [0, 0.1) is 18.3 Å². The van der Waals surface area contributed by atoms with Crippen LogP contribution in [0.5, 0.6) is 0 Å². The van der Waals surface area contributed by atoms with Gasteiger partial charge in [0, 0.05) is 19.4 Å². The van der Waals surface area contributed by atoms with Crippen molar-refractivity contribution in [3.63, 3.8) is 0 Å². The Bertz CT molecular complexity index is 323. The quantitative estimate of drug-likeness (QED) is 0.518. The van der Waals surface area contributed by atoms with Gasteiger partial charge in [-0.25, -0.2) is 0 Å². The molecule has 0 aromatic heterocycles. The Morgan fingerprint density at radius 3 is 2.58 bits per heavy atom. The number of nitrogens with one attached hydrogen (secondary N) is 1. The Hall–Kier alpha value is -1.54. The van der Waals surface area contributed by atoms with Crippen LogP contribution in [0.2, 0.25) is 0 Å². The molecular weight excluding hydrogens is 244 g/mol. The van der Waals surface area contributed by atoms with E-state index < -0.39 is 12.0 Å². The van der Waals surface area contributed by atoms with Crippen molar-refractivity contribution >= 4 is 11.9 Å². The summed E-state index contributed by atoms with van der Waals surface area (Å²) in [6.45, 7) is 2.58. The van der Waals surface area contributed by atoms with Gasteiger partial charge in [-0.05, 0) is 18.8 Å². The lowest BCUT2D eigenvalue weighted by atomic mass is 9.94. The first-order valence-electron chi connectivity index (χ1n) is 6.69. The number of rotatable bonds is 10. The third kappa shape index (κ3) is 9.09. The molecule has 108 valence electrons. The molecule has 0 aliphatic heterocycles. The normalized spacial score (nSPS) is 13.3. The summed E-state index contributed by atoms with van der Waals surface area (Å²) >= 11 is 0. The summed E-state index contributed by atoms with van der Waals surface area (Å²) in [7, 11) is 0. The van der Waals surface area contributed by atoms with Crippen LogP contribution in [0.1, 0.15) is 45.4 Å². The maximum absolute atomic E-state index is 11.5. The van der Waals surface area contributed by atoms with Gasteiger partial charge in [0.2, 0.25) is 5.91 Å². The van der Waals surface area contributed by atoms with E-state index in [1.165, 1.54) is 0 Å². The van der Waals surface area contributed by atoms with Crippen LogP contribution in [-0.2, 0) is 9.59 Å². The van der Waals surface area contributed by atoms with Crippen molar-refractivity contribution in [2.24, 2.45) is 11.7 Å².